The normalized spacial score (nSPS) is 12.2. The number of amides is 1. The average molecular weight is 374 g/mol. The van der Waals surface area contributed by atoms with Crippen LogP contribution in [-0.4, -0.2) is 20.7 Å². The second-order valence-electron chi connectivity index (χ2n) is 5.85. The van der Waals surface area contributed by atoms with Crippen molar-refractivity contribution in [2.45, 2.75) is 36.7 Å². The molecule has 2 heterocycles. The van der Waals surface area contributed by atoms with Gasteiger partial charge in [0.15, 0.2) is 5.16 Å². The lowest BCUT2D eigenvalue weighted by Crippen LogP contribution is -2.14. The van der Waals surface area contributed by atoms with Crippen molar-refractivity contribution in [2.75, 3.05) is 0 Å². The van der Waals surface area contributed by atoms with Crippen LogP contribution in [0.1, 0.15) is 35.7 Å². The fourth-order valence-electron chi connectivity index (χ4n) is 2.53. The van der Waals surface area contributed by atoms with Gasteiger partial charge in [-0.25, -0.2) is 4.39 Å². The van der Waals surface area contributed by atoms with Crippen molar-refractivity contribution in [3.05, 3.63) is 65.6 Å². The molecule has 3 aromatic rings. The van der Waals surface area contributed by atoms with Gasteiger partial charge < -0.3 is 10.2 Å². The van der Waals surface area contributed by atoms with Gasteiger partial charge in [-0.3, -0.25) is 9.36 Å². The molecule has 3 rings (SSSR count). The second-order valence-corrected chi connectivity index (χ2v) is 7.15. The van der Waals surface area contributed by atoms with Crippen LogP contribution in [0.2, 0.25) is 0 Å². The summed E-state index contributed by atoms with van der Waals surface area (Å²) in [5, 5.41) is 9.11. The summed E-state index contributed by atoms with van der Waals surface area (Å²) in [5.74, 6) is 0.758. The first-order valence-electron chi connectivity index (χ1n) is 8.18. The molecule has 0 aliphatic rings. The molecular weight excluding hydrogens is 355 g/mol. The number of rotatable bonds is 8. The number of nitrogens with two attached hydrogens (primary N) is 1. The fraction of sp³-hybridized carbons (Fsp3) is 0.278. The Labute approximate surface area is 154 Å². The number of furan rings is 1. The Bertz CT molecular complexity index is 879. The van der Waals surface area contributed by atoms with E-state index in [1.165, 1.54) is 23.9 Å². The number of aromatic nitrogens is 3. The van der Waals surface area contributed by atoms with E-state index in [0.717, 1.165) is 11.3 Å². The van der Waals surface area contributed by atoms with Gasteiger partial charge in [0.1, 0.15) is 17.4 Å². The number of hydrogen-bond acceptors (Lipinski definition) is 5. The molecule has 2 N–H and O–H groups in total. The Morgan fingerprint density at radius 3 is 2.88 bits per heavy atom. The Morgan fingerprint density at radius 1 is 1.35 bits per heavy atom. The van der Waals surface area contributed by atoms with Crippen LogP contribution in [0.15, 0.2) is 52.2 Å². The third-order valence-electron chi connectivity index (χ3n) is 3.88. The van der Waals surface area contributed by atoms with E-state index >= 15 is 0 Å². The summed E-state index contributed by atoms with van der Waals surface area (Å²) in [6, 6.07) is 10.2. The zero-order valence-electron chi connectivity index (χ0n) is 14.3. The minimum atomic E-state index is -0.389. The van der Waals surface area contributed by atoms with E-state index in [9.17, 15) is 9.18 Å². The highest BCUT2D eigenvalue weighted by Gasteiger charge is 2.18. The Kier molecular flexibility index (Phi) is 5.72. The van der Waals surface area contributed by atoms with Gasteiger partial charge in [-0.1, -0.05) is 23.9 Å². The molecule has 136 valence electrons. The highest BCUT2D eigenvalue weighted by Crippen LogP contribution is 2.34. The fourth-order valence-corrected chi connectivity index (χ4v) is 3.51. The molecule has 1 unspecified atom stereocenters. The number of primary amides is 1. The molecule has 26 heavy (non-hydrogen) atoms. The summed E-state index contributed by atoms with van der Waals surface area (Å²) in [7, 11) is 0. The lowest BCUT2D eigenvalue weighted by atomic mass is 10.2. The van der Waals surface area contributed by atoms with E-state index in [4.69, 9.17) is 10.2 Å². The van der Waals surface area contributed by atoms with Gasteiger partial charge >= 0.3 is 0 Å². The summed E-state index contributed by atoms with van der Waals surface area (Å²) in [6.07, 6.45) is 2.20. The van der Waals surface area contributed by atoms with Crippen molar-refractivity contribution in [3.8, 4) is 0 Å². The third kappa shape index (κ3) is 4.51. The predicted octanol–water partition coefficient (Wildman–Crippen LogP) is 3.33. The molecule has 0 saturated heterocycles. The van der Waals surface area contributed by atoms with E-state index in [1.807, 2.05) is 29.7 Å². The molecule has 0 aliphatic carbocycles. The number of thioether (sulfide) groups is 1. The van der Waals surface area contributed by atoms with Crippen LogP contribution < -0.4 is 5.73 Å². The van der Waals surface area contributed by atoms with Gasteiger partial charge in [0.25, 0.3) is 0 Å². The number of carbonyl (C=O) groups is 1. The van der Waals surface area contributed by atoms with Crippen LogP contribution in [0.25, 0.3) is 0 Å². The van der Waals surface area contributed by atoms with E-state index in [1.54, 1.807) is 12.3 Å². The SMILES string of the molecule is CC(Sc1nnc(CCC(N)=O)n1Cc1ccco1)c1cccc(F)c1. The number of carbonyl (C=O) groups excluding carboxylic acids is 1. The van der Waals surface area contributed by atoms with Crippen LogP contribution in [0.5, 0.6) is 0 Å². The Balaban J connectivity index is 1.84. The Hall–Kier alpha value is -2.61. The number of benzene rings is 1. The summed E-state index contributed by atoms with van der Waals surface area (Å²) in [5.41, 5.74) is 6.11. The second kappa shape index (κ2) is 8.18. The van der Waals surface area contributed by atoms with Crippen LogP contribution in [0.3, 0.4) is 0 Å². The maximum Gasteiger partial charge on any atom is 0.217 e. The van der Waals surface area contributed by atoms with Crippen molar-refractivity contribution in [1.82, 2.24) is 14.8 Å². The minimum absolute atomic E-state index is 0.0192. The lowest BCUT2D eigenvalue weighted by Gasteiger charge is -2.13. The summed E-state index contributed by atoms with van der Waals surface area (Å²) >= 11 is 1.47. The molecule has 1 aromatic carbocycles. The number of aryl methyl sites for hydroxylation is 1. The maximum absolute atomic E-state index is 13.5. The molecular formula is C18H19FN4O2S. The minimum Gasteiger partial charge on any atom is -0.467 e. The highest BCUT2D eigenvalue weighted by molar-refractivity contribution is 7.99. The van der Waals surface area contributed by atoms with E-state index in [0.29, 0.717) is 23.9 Å². The molecule has 6 nitrogen and oxygen atoms in total. The first-order valence-corrected chi connectivity index (χ1v) is 9.06. The number of nitrogens with zero attached hydrogens (tertiary/aromatic N) is 3. The number of hydrogen-bond donors (Lipinski definition) is 1. The van der Waals surface area contributed by atoms with Crippen LogP contribution in [0, 0.1) is 5.82 Å². The van der Waals surface area contributed by atoms with Crippen molar-refractivity contribution in [2.24, 2.45) is 5.73 Å². The van der Waals surface area contributed by atoms with Gasteiger partial charge in [0.2, 0.25) is 5.91 Å². The van der Waals surface area contributed by atoms with Crippen molar-refractivity contribution in [3.63, 3.8) is 0 Å². The van der Waals surface area contributed by atoms with Crippen molar-refractivity contribution in [1.29, 1.82) is 0 Å². The smallest absolute Gasteiger partial charge is 0.217 e. The molecule has 0 bridgehead atoms. The molecule has 1 amide bonds. The largest absolute Gasteiger partial charge is 0.467 e. The standard InChI is InChI=1S/C18H19FN4O2S/c1-12(13-4-2-5-14(19)10-13)26-18-22-21-17(8-7-16(20)24)23(18)11-15-6-3-9-25-15/h2-6,9-10,12H,7-8,11H2,1H3,(H2,20,24). The van der Waals surface area contributed by atoms with E-state index in [-0.39, 0.29) is 23.4 Å². The third-order valence-corrected chi connectivity index (χ3v) is 5.02. The van der Waals surface area contributed by atoms with E-state index in [2.05, 4.69) is 10.2 Å². The molecule has 0 aliphatic heterocycles. The van der Waals surface area contributed by atoms with Crippen molar-refractivity contribution < 1.29 is 13.6 Å². The van der Waals surface area contributed by atoms with Gasteiger partial charge in [-0.15, -0.1) is 10.2 Å². The summed E-state index contributed by atoms with van der Waals surface area (Å²) in [6.45, 7) is 2.43. The quantitative estimate of drug-likeness (QED) is 0.611. The van der Waals surface area contributed by atoms with Crippen molar-refractivity contribution >= 4 is 17.7 Å². The summed E-state index contributed by atoms with van der Waals surface area (Å²) < 4.78 is 20.8. The Morgan fingerprint density at radius 2 is 2.19 bits per heavy atom. The first-order chi connectivity index (χ1) is 12.5. The van der Waals surface area contributed by atoms with E-state index < -0.39 is 0 Å². The van der Waals surface area contributed by atoms with Gasteiger partial charge in [0.05, 0.1) is 12.8 Å². The lowest BCUT2D eigenvalue weighted by molar-refractivity contribution is -0.118. The predicted molar refractivity (Wildman–Crippen MR) is 96.0 cm³/mol. The zero-order valence-corrected chi connectivity index (χ0v) is 15.1. The topological polar surface area (TPSA) is 86.9 Å². The average Bonchev–Trinajstić information content (AvgIpc) is 3.24. The maximum atomic E-state index is 13.5. The van der Waals surface area contributed by atoms with Crippen LogP contribution in [0.4, 0.5) is 4.39 Å². The van der Waals surface area contributed by atoms with Gasteiger partial charge in [-0.2, -0.15) is 0 Å². The molecule has 2 aromatic heterocycles. The van der Waals surface area contributed by atoms with Crippen LogP contribution in [-0.2, 0) is 17.8 Å². The zero-order chi connectivity index (χ0) is 18.5. The van der Waals surface area contributed by atoms with Gasteiger partial charge in [-0.05, 0) is 36.8 Å². The number of halogens is 1. The molecule has 0 saturated carbocycles. The highest BCUT2D eigenvalue weighted by atomic mass is 32.2. The molecule has 0 radical (unpaired) electrons. The molecule has 1 atom stereocenters. The molecule has 8 heteroatoms. The summed E-state index contributed by atoms with van der Waals surface area (Å²) in [4.78, 5) is 11.1. The molecule has 0 spiro atoms. The van der Waals surface area contributed by atoms with Crippen LogP contribution >= 0.6 is 11.8 Å². The first kappa shape index (κ1) is 18.2. The van der Waals surface area contributed by atoms with Gasteiger partial charge in [0, 0.05) is 18.1 Å². The molecule has 0 fully saturated rings. The monoisotopic (exact) mass is 374 g/mol.